The normalized spacial score (nSPS) is 14.2. The van der Waals surface area contributed by atoms with Crippen LogP contribution in [0.2, 0.25) is 0 Å². The van der Waals surface area contributed by atoms with Crippen molar-refractivity contribution in [2.45, 2.75) is 32.0 Å². The summed E-state index contributed by atoms with van der Waals surface area (Å²) in [4.78, 5) is 23.2. The van der Waals surface area contributed by atoms with E-state index in [-0.39, 0.29) is 0 Å². The van der Waals surface area contributed by atoms with E-state index in [9.17, 15) is 19.1 Å². The summed E-state index contributed by atoms with van der Waals surface area (Å²) in [5.74, 6) is -1.71. The molecule has 1 unspecified atom stereocenters. The summed E-state index contributed by atoms with van der Waals surface area (Å²) in [6.07, 6.45) is 0. The number of nitrogens with one attached hydrogen (secondary N) is 1. The number of carboxylic acid groups (broad SMARTS) is 1. The van der Waals surface area contributed by atoms with Crippen molar-refractivity contribution in [1.82, 2.24) is 5.32 Å². The average molecular weight is 283 g/mol. The minimum absolute atomic E-state index is 0.323. The zero-order valence-corrected chi connectivity index (χ0v) is 11.9. The summed E-state index contributed by atoms with van der Waals surface area (Å²) >= 11 is 0. The predicted molar refractivity (Wildman–Crippen MR) is 71.3 cm³/mol. The number of methoxy groups -OCH3 is 1. The number of hydrogen-bond acceptors (Lipinski definition) is 3. The molecule has 0 fully saturated rings. The molecule has 0 spiro atoms. The molecule has 5 nitrogen and oxygen atoms in total. The number of benzene rings is 1. The topological polar surface area (TPSA) is 75.6 Å². The van der Waals surface area contributed by atoms with E-state index in [2.05, 4.69) is 5.32 Å². The second-order valence-electron chi connectivity index (χ2n) is 5.09. The molecule has 0 heterocycles. The lowest BCUT2D eigenvalue weighted by atomic mass is 9.91. The van der Waals surface area contributed by atoms with Gasteiger partial charge in [-0.15, -0.1) is 0 Å². The molecular formula is C14H18FNO4. The highest BCUT2D eigenvalue weighted by atomic mass is 19.1. The van der Waals surface area contributed by atoms with Crippen LogP contribution >= 0.6 is 0 Å². The number of rotatable bonds is 5. The lowest BCUT2D eigenvalue weighted by Crippen LogP contribution is -2.54. The van der Waals surface area contributed by atoms with Gasteiger partial charge in [0.25, 0.3) is 5.91 Å². The molecule has 20 heavy (non-hydrogen) atoms. The quantitative estimate of drug-likeness (QED) is 0.865. The van der Waals surface area contributed by atoms with E-state index in [1.165, 1.54) is 26.2 Å². The first kappa shape index (κ1) is 15.9. The third kappa shape index (κ3) is 3.26. The Bertz CT molecular complexity index is 507. The summed E-state index contributed by atoms with van der Waals surface area (Å²) < 4.78 is 18.6. The Morgan fingerprint density at radius 1 is 1.20 bits per heavy atom. The summed E-state index contributed by atoms with van der Waals surface area (Å²) in [6.45, 7) is 3.44. The van der Waals surface area contributed by atoms with Crippen LogP contribution in [0.3, 0.4) is 0 Å². The monoisotopic (exact) mass is 283 g/mol. The van der Waals surface area contributed by atoms with Crippen LogP contribution in [0.5, 0.6) is 5.75 Å². The number of amides is 1. The second kappa shape index (κ2) is 5.48. The molecule has 0 aromatic heterocycles. The van der Waals surface area contributed by atoms with Gasteiger partial charge in [-0.3, -0.25) is 4.79 Å². The van der Waals surface area contributed by atoms with Crippen LogP contribution < -0.4 is 10.1 Å². The Morgan fingerprint density at radius 2 is 1.70 bits per heavy atom. The Labute approximate surface area is 116 Å². The van der Waals surface area contributed by atoms with Crippen LogP contribution in [-0.4, -0.2) is 29.8 Å². The van der Waals surface area contributed by atoms with Crippen molar-refractivity contribution in [3.8, 4) is 5.75 Å². The summed E-state index contributed by atoms with van der Waals surface area (Å²) in [5, 5.41) is 11.6. The Hall–Kier alpha value is -2.11. The summed E-state index contributed by atoms with van der Waals surface area (Å²) in [5.41, 5.74) is -3.56. The van der Waals surface area contributed by atoms with Crippen LogP contribution in [0.4, 0.5) is 4.39 Å². The molecule has 1 rings (SSSR count). The van der Waals surface area contributed by atoms with Crippen molar-refractivity contribution < 1.29 is 23.8 Å². The maximum atomic E-state index is 13.6. The number of aliphatic carboxylic acids is 1. The molecule has 110 valence electrons. The van der Waals surface area contributed by atoms with Crippen LogP contribution in [0.1, 0.15) is 26.3 Å². The van der Waals surface area contributed by atoms with Gasteiger partial charge in [-0.2, -0.15) is 0 Å². The summed E-state index contributed by atoms with van der Waals surface area (Å²) in [6, 6.07) is 6.17. The number of ether oxygens (including phenoxy) is 1. The minimum Gasteiger partial charge on any atom is -0.497 e. The van der Waals surface area contributed by atoms with E-state index in [4.69, 9.17) is 4.74 Å². The Balaban J connectivity index is 3.14. The summed E-state index contributed by atoms with van der Waals surface area (Å²) in [7, 11) is 1.48. The van der Waals surface area contributed by atoms with Crippen molar-refractivity contribution in [2.24, 2.45) is 0 Å². The van der Waals surface area contributed by atoms with Crippen molar-refractivity contribution in [3.05, 3.63) is 29.8 Å². The van der Waals surface area contributed by atoms with Crippen LogP contribution in [0.25, 0.3) is 0 Å². The van der Waals surface area contributed by atoms with Crippen molar-refractivity contribution >= 4 is 11.9 Å². The van der Waals surface area contributed by atoms with Gasteiger partial charge in [0.15, 0.2) is 11.2 Å². The first-order chi connectivity index (χ1) is 9.11. The SMILES string of the molecule is COc1ccc(C(C)(NC(=O)C(C)(C)F)C(=O)O)cc1. The van der Waals surface area contributed by atoms with E-state index >= 15 is 0 Å². The molecule has 6 heteroatoms. The van der Waals surface area contributed by atoms with Crippen molar-refractivity contribution in [2.75, 3.05) is 7.11 Å². The van der Waals surface area contributed by atoms with Gasteiger partial charge in [0.05, 0.1) is 7.11 Å². The minimum atomic E-state index is -2.16. The fraction of sp³-hybridized carbons (Fsp3) is 0.429. The van der Waals surface area contributed by atoms with Gasteiger partial charge in [-0.1, -0.05) is 12.1 Å². The molecule has 0 aliphatic rings. The first-order valence-electron chi connectivity index (χ1n) is 6.00. The van der Waals surface area contributed by atoms with Gasteiger partial charge >= 0.3 is 5.97 Å². The fourth-order valence-corrected chi connectivity index (χ4v) is 1.55. The van der Waals surface area contributed by atoms with Gasteiger partial charge in [0.2, 0.25) is 0 Å². The fourth-order valence-electron chi connectivity index (χ4n) is 1.55. The van der Waals surface area contributed by atoms with Crippen molar-refractivity contribution in [1.29, 1.82) is 0 Å². The number of carbonyl (C=O) groups is 2. The van der Waals surface area contributed by atoms with Crippen molar-refractivity contribution in [3.63, 3.8) is 0 Å². The lowest BCUT2D eigenvalue weighted by molar-refractivity contribution is -0.149. The van der Waals surface area contributed by atoms with E-state index < -0.39 is 23.1 Å². The maximum absolute atomic E-state index is 13.6. The third-order valence-corrected chi connectivity index (χ3v) is 3.00. The molecule has 0 aliphatic heterocycles. The Morgan fingerprint density at radius 3 is 2.05 bits per heavy atom. The zero-order chi connectivity index (χ0) is 15.6. The van der Waals surface area contributed by atoms with E-state index in [1.807, 2.05) is 0 Å². The zero-order valence-electron chi connectivity index (χ0n) is 11.9. The third-order valence-electron chi connectivity index (χ3n) is 3.00. The molecule has 0 saturated carbocycles. The van der Waals surface area contributed by atoms with E-state index in [0.717, 1.165) is 13.8 Å². The largest absolute Gasteiger partial charge is 0.497 e. The lowest BCUT2D eigenvalue weighted by Gasteiger charge is -2.29. The first-order valence-corrected chi connectivity index (χ1v) is 6.00. The predicted octanol–water partition coefficient (Wildman–Crippen LogP) is 1.86. The van der Waals surface area contributed by atoms with Gasteiger partial charge in [0, 0.05) is 0 Å². The standard InChI is InChI=1S/C14H18FNO4/c1-13(2,15)11(17)16-14(3,12(18)19)9-5-7-10(20-4)8-6-9/h5-8H,1-4H3,(H,16,17)(H,18,19). The van der Waals surface area contributed by atoms with E-state index in [1.54, 1.807) is 12.1 Å². The van der Waals surface area contributed by atoms with Gasteiger partial charge < -0.3 is 15.2 Å². The van der Waals surface area contributed by atoms with E-state index in [0.29, 0.717) is 11.3 Å². The number of carbonyl (C=O) groups excluding carboxylic acids is 1. The van der Waals surface area contributed by atoms with Gasteiger partial charge in [-0.25, -0.2) is 9.18 Å². The molecule has 1 aromatic carbocycles. The molecular weight excluding hydrogens is 265 g/mol. The molecule has 1 aromatic rings. The molecule has 0 bridgehead atoms. The van der Waals surface area contributed by atoms with Gasteiger partial charge in [-0.05, 0) is 38.5 Å². The highest BCUT2D eigenvalue weighted by Gasteiger charge is 2.40. The molecule has 0 saturated heterocycles. The molecule has 1 atom stereocenters. The van der Waals surface area contributed by atoms with Gasteiger partial charge in [0.1, 0.15) is 5.75 Å². The molecule has 2 N–H and O–H groups in total. The number of carboxylic acids is 1. The highest BCUT2D eigenvalue weighted by molar-refractivity contribution is 5.91. The van der Waals surface area contributed by atoms with Crippen LogP contribution in [0.15, 0.2) is 24.3 Å². The number of hydrogen-bond donors (Lipinski definition) is 2. The maximum Gasteiger partial charge on any atom is 0.333 e. The molecule has 0 radical (unpaired) electrons. The van der Waals surface area contributed by atoms with Crippen LogP contribution in [0, 0.1) is 0 Å². The number of halogens is 1. The average Bonchev–Trinajstić information content (AvgIpc) is 2.37. The highest BCUT2D eigenvalue weighted by Crippen LogP contribution is 2.25. The Kier molecular flexibility index (Phi) is 4.37. The molecule has 1 amide bonds. The number of alkyl halides is 1. The molecule has 0 aliphatic carbocycles. The smallest absolute Gasteiger partial charge is 0.333 e. The second-order valence-corrected chi connectivity index (χ2v) is 5.09. The van der Waals surface area contributed by atoms with Crippen LogP contribution in [-0.2, 0) is 15.1 Å².